The Morgan fingerprint density at radius 1 is 1.75 bits per heavy atom. The minimum atomic E-state index is -0.509. The number of ether oxygens (including phenoxy) is 1. The molecule has 0 bridgehead atoms. The van der Waals surface area contributed by atoms with Gasteiger partial charge in [0.2, 0.25) is 0 Å². The number of nitrogens with zero attached hydrogens (tertiary/aromatic N) is 1. The number of carbonyl (C=O) groups is 1. The van der Waals surface area contributed by atoms with E-state index in [0.29, 0.717) is 10.4 Å². The Balaban J connectivity index is 2.63. The van der Waals surface area contributed by atoms with Crippen LogP contribution in [0.15, 0.2) is 22.9 Å². The predicted octanol–water partition coefficient (Wildman–Crippen LogP) is 0.708. The van der Waals surface area contributed by atoms with Gasteiger partial charge in [-0.25, -0.2) is 4.98 Å². The third-order valence-electron chi connectivity index (χ3n) is 1.09. The van der Waals surface area contributed by atoms with E-state index >= 15 is 0 Å². The summed E-state index contributed by atoms with van der Waals surface area (Å²) in [6.07, 6.45) is 1.61. The summed E-state index contributed by atoms with van der Waals surface area (Å²) in [4.78, 5) is 14.2. The SMILES string of the molecule is NC(=O)COc1cccnc1Br. The fraction of sp³-hybridized carbons (Fsp3) is 0.143. The molecule has 0 atom stereocenters. The fourth-order valence-electron chi connectivity index (χ4n) is 0.628. The van der Waals surface area contributed by atoms with Crippen molar-refractivity contribution in [2.45, 2.75) is 0 Å². The van der Waals surface area contributed by atoms with Gasteiger partial charge in [-0.2, -0.15) is 0 Å². The minimum Gasteiger partial charge on any atom is -0.481 e. The van der Waals surface area contributed by atoms with E-state index in [4.69, 9.17) is 10.5 Å². The van der Waals surface area contributed by atoms with Gasteiger partial charge in [-0.05, 0) is 28.1 Å². The van der Waals surface area contributed by atoms with Gasteiger partial charge in [0.05, 0.1) is 0 Å². The van der Waals surface area contributed by atoms with Gasteiger partial charge < -0.3 is 10.5 Å². The number of primary amides is 1. The zero-order valence-corrected chi connectivity index (χ0v) is 7.74. The molecule has 0 aliphatic heterocycles. The van der Waals surface area contributed by atoms with E-state index in [1.54, 1.807) is 18.3 Å². The Kier molecular flexibility index (Phi) is 3.04. The van der Waals surface area contributed by atoms with Crippen molar-refractivity contribution in [1.29, 1.82) is 0 Å². The first-order valence-electron chi connectivity index (χ1n) is 3.22. The average molecular weight is 231 g/mol. The molecule has 0 fully saturated rings. The number of halogens is 1. The summed E-state index contributed by atoms with van der Waals surface area (Å²) in [5, 5.41) is 0. The number of carbonyl (C=O) groups excluding carboxylic acids is 1. The second-order valence-corrected chi connectivity index (χ2v) is 2.80. The molecule has 0 aliphatic rings. The molecular formula is C7H7BrN2O2. The van der Waals surface area contributed by atoms with Crippen molar-refractivity contribution in [3.8, 4) is 5.75 Å². The van der Waals surface area contributed by atoms with Crippen LogP contribution in [0.4, 0.5) is 0 Å². The molecule has 4 nitrogen and oxygen atoms in total. The molecule has 1 heterocycles. The molecule has 0 spiro atoms. The molecule has 0 saturated heterocycles. The monoisotopic (exact) mass is 230 g/mol. The lowest BCUT2D eigenvalue weighted by Crippen LogP contribution is -2.20. The topological polar surface area (TPSA) is 65.2 Å². The van der Waals surface area contributed by atoms with E-state index in [1.807, 2.05) is 0 Å². The van der Waals surface area contributed by atoms with Crippen molar-refractivity contribution >= 4 is 21.8 Å². The molecule has 0 unspecified atom stereocenters. The average Bonchev–Trinajstić information content (AvgIpc) is 2.03. The predicted molar refractivity (Wildman–Crippen MR) is 46.6 cm³/mol. The molecule has 1 amide bonds. The second kappa shape index (κ2) is 4.06. The molecule has 1 aromatic heterocycles. The Labute approximate surface area is 77.9 Å². The first kappa shape index (κ1) is 8.99. The first-order chi connectivity index (χ1) is 5.70. The van der Waals surface area contributed by atoms with Crippen LogP contribution >= 0.6 is 15.9 Å². The van der Waals surface area contributed by atoms with Gasteiger partial charge in [-0.1, -0.05) is 0 Å². The van der Waals surface area contributed by atoms with Gasteiger partial charge in [-0.3, -0.25) is 4.79 Å². The lowest BCUT2D eigenvalue weighted by molar-refractivity contribution is -0.119. The fourth-order valence-corrected chi connectivity index (χ4v) is 0.993. The van der Waals surface area contributed by atoms with E-state index in [1.165, 1.54) is 0 Å². The molecule has 1 aromatic rings. The van der Waals surface area contributed by atoms with E-state index in [0.717, 1.165) is 0 Å². The largest absolute Gasteiger partial charge is 0.481 e. The van der Waals surface area contributed by atoms with Crippen LogP contribution in [-0.4, -0.2) is 17.5 Å². The highest BCUT2D eigenvalue weighted by molar-refractivity contribution is 9.10. The number of nitrogens with two attached hydrogens (primary N) is 1. The standard InChI is InChI=1S/C7H7BrN2O2/c8-7-5(2-1-3-10-7)12-4-6(9)11/h1-3H,4H2,(H2,9,11). The van der Waals surface area contributed by atoms with Crippen LogP contribution in [0, 0.1) is 0 Å². The maximum absolute atomic E-state index is 10.3. The van der Waals surface area contributed by atoms with Crippen LogP contribution in [0.25, 0.3) is 0 Å². The molecule has 5 heteroatoms. The number of hydrogen-bond donors (Lipinski definition) is 1. The molecular weight excluding hydrogens is 224 g/mol. The van der Waals surface area contributed by atoms with Gasteiger partial charge in [0.25, 0.3) is 5.91 Å². The summed E-state index contributed by atoms with van der Waals surface area (Å²) in [6.45, 7) is -0.135. The summed E-state index contributed by atoms with van der Waals surface area (Å²) in [5.41, 5.74) is 4.89. The smallest absolute Gasteiger partial charge is 0.255 e. The number of aromatic nitrogens is 1. The van der Waals surface area contributed by atoms with E-state index in [2.05, 4.69) is 20.9 Å². The summed E-state index contributed by atoms with van der Waals surface area (Å²) in [7, 11) is 0. The third kappa shape index (κ3) is 2.50. The van der Waals surface area contributed by atoms with Gasteiger partial charge in [0.1, 0.15) is 4.60 Å². The Bertz CT molecular complexity index is 290. The van der Waals surface area contributed by atoms with E-state index in [9.17, 15) is 4.79 Å². The van der Waals surface area contributed by atoms with Crippen molar-refractivity contribution in [3.05, 3.63) is 22.9 Å². The van der Waals surface area contributed by atoms with Gasteiger partial charge in [0.15, 0.2) is 12.4 Å². The van der Waals surface area contributed by atoms with Crippen LogP contribution in [0.5, 0.6) is 5.75 Å². The van der Waals surface area contributed by atoms with Crippen LogP contribution < -0.4 is 10.5 Å². The molecule has 0 aromatic carbocycles. The maximum atomic E-state index is 10.3. The number of pyridine rings is 1. The third-order valence-corrected chi connectivity index (χ3v) is 1.69. The Morgan fingerprint density at radius 3 is 3.08 bits per heavy atom. The zero-order chi connectivity index (χ0) is 8.97. The minimum absolute atomic E-state index is 0.135. The second-order valence-electron chi connectivity index (χ2n) is 2.05. The van der Waals surface area contributed by atoms with Crippen molar-refractivity contribution in [3.63, 3.8) is 0 Å². The molecule has 0 saturated carbocycles. The molecule has 12 heavy (non-hydrogen) atoms. The molecule has 64 valence electrons. The summed E-state index contributed by atoms with van der Waals surface area (Å²) in [6, 6.07) is 3.40. The lowest BCUT2D eigenvalue weighted by Gasteiger charge is -2.03. The molecule has 1 rings (SSSR count). The molecule has 0 radical (unpaired) electrons. The van der Waals surface area contributed by atoms with Gasteiger partial charge >= 0.3 is 0 Å². The van der Waals surface area contributed by atoms with Crippen molar-refractivity contribution < 1.29 is 9.53 Å². The van der Waals surface area contributed by atoms with Crippen LogP contribution in [-0.2, 0) is 4.79 Å². The van der Waals surface area contributed by atoms with Crippen molar-refractivity contribution in [2.75, 3.05) is 6.61 Å². The number of hydrogen-bond acceptors (Lipinski definition) is 3. The summed E-state index contributed by atoms with van der Waals surface area (Å²) < 4.78 is 5.58. The number of rotatable bonds is 3. The van der Waals surface area contributed by atoms with E-state index in [-0.39, 0.29) is 6.61 Å². The summed E-state index contributed by atoms with van der Waals surface area (Å²) >= 11 is 3.16. The highest BCUT2D eigenvalue weighted by atomic mass is 79.9. The highest BCUT2D eigenvalue weighted by Gasteiger charge is 2.01. The lowest BCUT2D eigenvalue weighted by atomic mass is 10.5. The maximum Gasteiger partial charge on any atom is 0.255 e. The quantitative estimate of drug-likeness (QED) is 0.779. The Morgan fingerprint density at radius 2 is 2.50 bits per heavy atom. The zero-order valence-electron chi connectivity index (χ0n) is 6.16. The van der Waals surface area contributed by atoms with Crippen LogP contribution in [0.2, 0.25) is 0 Å². The molecule has 2 N–H and O–H groups in total. The van der Waals surface area contributed by atoms with Crippen molar-refractivity contribution in [1.82, 2.24) is 4.98 Å². The van der Waals surface area contributed by atoms with Crippen LogP contribution in [0.3, 0.4) is 0 Å². The van der Waals surface area contributed by atoms with E-state index < -0.39 is 5.91 Å². The van der Waals surface area contributed by atoms with Crippen LogP contribution in [0.1, 0.15) is 0 Å². The highest BCUT2D eigenvalue weighted by Crippen LogP contribution is 2.20. The summed E-state index contributed by atoms with van der Waals surface area (Å²) in [5.74, 6) is 0.00190. The van der Waals surface area contributed by atoms with Crippen molar-refractivity contribution in [2.24, 2.45) is 5.73 Å². The normalized spacial score (nSPS) is 9.42. The number of amides is 1. The van der Waals surface area contributed by atoms with Gasteiger partial charge in [0, 0.05) is 6.20 Å². The first-order valence-corrected chi connectivity index (χ1v) is 4.01. The van der Waals surface area contributed by atoms with Gasteiger partial charge in [-0.15, -0.1) is 0 Å². The Hall–Kier alpha value is -1.10. The molecule has 0 aliphatic carbocycles.